The summed E-state index contributed by atoms with van der Waals surface area (Å²) >= 11 is 0. The summed E-state index contributed by atoms with van der Waals surface area (Å²) in [7, 11) is 0. The fourth-order valence-electron chi connectivity index (χ4n) is 4.03. The number of ketones is 2. The van der Waals surface area contributed by atoms with Crippen molar-refractivity contribution in [2.75, 3.05) is 0 Å². The molecular weight excluding hydrogens is 364 g/mol. The van der Waals surface area contributed by atoms with E-state index < -0.39 is 11.7 Å². The highest BCUT2D eigenvalue weighted by Gasteiger charge is 2.43. The Kier molecular flexibility index (Phi) is 3.62. The van der Waals surface area contributed by atoms with Gasteiger partial charge in [-0.3, -0.25) is 9.59 Å². The minimum absolute atomic E-state index is 0.0941. The number of Topliss-reactive ketones (excluding diaryl/α,β-unsaturated/α-hetero) is 2. The van der Waals surface area contributed by atoms with E-state index in [1.807, 2.05) is 42.5 Å². The summed E-state index contributed by atoms with van der Waals surface area (Å²) in [5.74, 6) is -1.74. The number of ether oxygens (including phenoxy) is 1. The van der Waals surface area contributed by atoms with Crippen LogP contribution in [0.25, 0.3) is 10.8 Å². The van der Waals surface area contributed by atoms with E-state index in [0.29, 0.717) is 11.1 Å². The van der Waals surface area contributed by atoms with Crippen molar-refractivity contribution >= 4 is 22.3 Å². The second-order valence-electron chi connectivity index (χ2n) is 6.98. The largest absolute Gasteiger partial charge is 0.436 e. The number of hydrogen-bond donors (Lipinski definition) is 1. The highest BCUT2D eigenvalue weighted by Crippen LogP contribution is 2.44. The number of nitrogens with two attached hydrogens (primary N) is 1. The first-order chi connectivity index (χ1) is 14.1. The molecule has 1 atom stereocenters. The average Bonchev–Trinajstić information content (AvgIpc) is 2.76. The smallest absolute Gasteiger partial charge is 0.229 e. The van der Waals surface area contributed by atoms with Gasteiger partial charge in [0.25, 0.3) is 0 Å². The highest BCUT2D eigenvalue weighted by molar-refractivity contribution is 6.27. The van der Waals surface area contributed by atoms with Gasteiger partial charge in [0.1, 0.15) is 11.6 Å². The van der Waals surface area contributed by atoms with Crippen LogP contribution in [0.5, 0.6) is 0 Å². The van der Waals surface area contributed by atoms with Gasteiger partial charge >= 0.3 is 0 Å². The molecule has 0 amide bonds. The molecule has 1 aliphatic heterocycles. The Balaban J connectivity index is 1.77. The van der Waals surface area contributed by atoms with Crippen molar-refractivity contribution in [3.8, 4) is 6.07 Å². The van der Waals surface area contributed by atoms with E-state index in [0.717, 1.165) is 10.8 Å². The molecule has 0 spiro atoms. The van der Waals surface area contributed by atoms with Gasteiger partial charge in [-0.1, -0.05) is 66.7 Å². The second-order valence-corrected chi connectivity index (χ2v) is 6.98. The zero-order valence-corrected chi connectivity index (χ0v) is 15.2. The van der Waals surface area contributed by atoms with Gasteiger partial charge in [-0.15, -0.1) is 0 Å². The molecule has 0 aromatic heterocycles. The maximum atomic E-state index is 13.3. The van der Waals surface area contributed by atoms with E-state index in [9.17, 15) is 14.9 Å². The van der Waals surface area contributed by atoms with Crippen molar-refractivity contribution in [2.45, 2.75) is 5.92 Å². The zero-order valence-electron chi connectivity index (χ0n) is 15.2. The molecule has 0 fully saturated rings. The van der Waals surface area contributed by atoms with Crippen LogP contribution in [0.1, 0.15) is 32.2 Å². The first kappa shape index (κ1) is 17.0. The normalized spacial score (nSPS) is 18.2. The van der Waals surface area contributed by atoms with Crippen LogP contribution in [0.2, 0.25) is 0 Å². The van der Waals surface area contributed by atoms with Crippen LogP contribution >= 0.6 is 0 Å². The zero-order chi connectivity index (χ0) is 20.1. The number of allylic oxidation sites excluding steroid dienone is 3. The standard InChI is InChI=1S/C24H14N2O3/c25-12-18-19(15-10-9-13-5-1-2-6-14(13)11-15)20-21(27)16-7-3-4-8-17(16)22(28)23(20)29-24(18)26/h1-11,19H,26H2/t19-/m0/s1. The lowest BCUT2D eigenvalue weighted by Gasteiger charge is -2.31. The monoisotopic (exact) mass is 378 g/mol. The van der Waals surface area contributed by atoms with Crippen molar-refractivity contribution in [1.29, 1.82) is 5.26 Å². The van der Waals surface area contributed by atoms with E-state index >= 15 is 0 Å². The van der Waals surface area contributed by atoms with E-state index in [-0.39, 0.29) is 34.1 Å². The molecular formula is C24H14N2O3. The van der Waals surface area contributed by atoms with Crippen LogP contribution < -0.4 is 5.73 Å². The predicted molar refractivity (Wildman–Crippen MR) is 107 cm³/mol. The Hall–Kier alpha value is -4.17. The predicted octanol–water partition coefficient (Wildman–Crippen LogP) is 3.98. The molecule has 1 aliphatic carbocycles. The Labute approximate surface area is 166 Å². The van der Waals surface area contributed by atoms with E-state index in [2.05, 4.69) is 6.07 Å². The minimum Gasteiger partial charge on any atom is -0.436 e. The third-order valence-electron chi connectivity index (χ3n) is 5.39. The topological polar surface area (TPSA) is 93.2 Å². The van der Waals surface area contributed by atoms with Crippen molar-refractivity contribution in [3.05, 3.63) is 106 Å². The van der Waals surface area contributed by atoms with E-state index in [4.69, 9.17) is 10.5 Å². The number of nitriles is 1. The molecule has 1 heterocycles. The third-order valence-corrected chi connectivity index (χ3v) is 5.39. The van der Waals surface area contributed by atoms with Gasteiger partial charge in [-0.2, -0.15) is 5.26 Å². The Bertz CT molecular complexity index is 1340. The van der Waals surface area contributed by atoms with Crippen molar-refractivity contribution in [2.24, 2.45) is 5.73 Å². The Morgan fingerprint density at radius 3 is 2.24 bits per heavy atom. The quantitative estimate of drug-likeness (QED) is 0.691. The molecule has 29 heavy (non-hydrogen) atoms. The number of rotatable bonds is 1. The molecule has 3 aromatic carbocycles. The molecule has 5 heteroatoms. The van der Waals surface area contributed by atoms with E-state index in [1.54, 1.807) is 24.3 Å². The van der Waals surface area contributed by atoms with Gasteiger partial charge in [0.2, 0.25) is 11.7 Å². The highest BCUT2D eigenvalue weighted by atomic mass is 16.5. The van der Waals surface area contributed by atoms with Crippen molar-refractivity contribution in [3.63, 3.8) is 0 Å². The molecule has 5 rings (SSSR count). The van der Waals surface area contributed by atoms with Gasteiger partial charge in [-0.05, 0) is 16.3 Å². The number of nitrogens with zero attached hydrogens (tertiary/aromatic N) is 1. The van der Waals surface area contributed by atoms with Crippen LogP contribution in [0.15, 0.2) is 89.5 Å². The van der Waals surface area contributed by atoms with Crippen LogP contribution in [0.4, 0.5) is 0 Å². The molecule has 2 N–H and O–H groups in total. The van der Waals surface area contributed by atoms with Crippen LogP contribution in [-0.2, 0) is 4.74 Å². The SMILES string of the molecule is N#CC1=C(N)OC2=C(C(=O)c3ccccc3C2=O)[C@H]1c1ccc2ccccc2c1. The molecule has 0 saturated heterocycles. The maximum Gasteiger partial charge on any atom is 0.229 e. The van der Waals surface area contributed by atoms with Crippen molar-refractivity contribution < 1.29 is 14.3 Å². The van der Waals surface area contributed by atoms with Gasteiger partial charge in [0.05, 0.1) is 11.5 Å². The molecule has 0 radical (unpaired) electrons. The first-order valence-electron chi connectivity index (χ1n) is 9.09. The molecule has 0 unspecified atom stereocenters. The molecule has 3 aromatic rings. The van der Waals surface area contributed by atoms with Gasteiger partial charge in [0, 0.05) is 11.1 Å². The Morgan fingerprint density at radius 2 is 1.52 bits per heavy atom. The van der Waals surface area contributed by atoms with Gasteiger partial charge < -0.3 is 10.5 Å². The van der Waals surface area contributed by atoms with Crippen molar-refractivity contribution in [1.82, 2.24) is 0 Å². The number of carbonyl (C=O) groups is 2. The van der Waals surface area contributed by atoms with Crippen LogP contribution in [-0.4, -0.2) is 11.6 Å². The molecule has 2 aliphatic rings. The number of hydrogen-bond acceptors (Lipinski definition) is 5. The number of fused-ring (bicyclic) bond motifs is 2. The van der Waals surface area contributed by atoms with Crippen LogP contribution in [0, 0.1) is 11.3 Å². The van der Waals surface area contributed by atoms with E-state index in [1.165, 1.54) is 0 Å². The second kappa shape index (κ2) is 6.18. The first-order valence-corrected chi connectivity index (χ1v) is 9.09. The van der Waals surface area contributed by atoms with Crippen LogP contribution in [0.3, 0.4) is 0 Å². The fourth-order valence-corrected chi connectivity index (χ4v) is 4.03. The lowest BCUT2D eigenvalue weighted by molar-refractivity contribution is 0.0897. The molecule has 0 saturated carbocycles. The molecule has 138 valence electrons. The summed E-state index contributed by atoms with van der Waals surface area (Å²) in [6, 6.07) is 22.2. The lowest BCUT2D eigenvalue weighted by Crippen LogP contribution is -2.32. The summed E-state index contributed by atoms with van der Waals surface area (Å²) in [5.41, 5.74) is 7.58. The number of carbonyl (C=O) groups excluding carboxylic acids is 2. The van der Waals surface area contributed by atoms with Gasteiger partial charge in [0.15, 0.2) is 11.5 Å². The lowest BCUT2D eigenvalue weighted by atomic mass is 9.75. The summed E-state index contributed by atoms with van der Waals surface area (Å²) in [6.07, 6.45) is 0. The summed E-state index contributed by atoms with van der Waals surface area (Å²) in [6.45, 7) is 0. The molecule has 5 nitrogen and oxygen atoms in total. The Morgan fingerprint density at radius 1 is 0.862 bits per heavy atom. The van der Waals surface area contributed by atoms with Gasteiger partial charge in [-0.25, -0.2) is 0 Å². The molecule has 0 bridgehead atoms. The summed E-state index contributed by atoms with van der Waals surface area (Å²) < 4.78 is 5.52. The maximum absolute atomic E-state index is 13.3. The summed E-state index contributed by atoms with van der Waals surface area (Å²) in [5, 5.41) is 11.8. The number of benzene rings is 3. The third kappa shape index (κ3) is 2.40. The fraction of sp³-hybridized carbons (Fsp3) is 0.0417. The minimum atomic E-state index is -0.766. The average molecular weight is 378 g/mol. The summed E-state index contributed by atoms with van der Waals surface area (Å²) in [4.78, 5) is 26.4.